The smallest absolute Gasteiger partial charge is 0.104 e. The third-order valence-corrected chi connectivity index (χ3v) is 3.24. The molecule has 1 unspecified atom stereocenters. The number of hydrogen-bond donors (Lipinski definition) is 0. The van der Waals surface area contributed by atoms with Crippen LogP contribution in [0.3, 0.4) is 0 Å². The van der Waals surface area contributed by atoms with Crippen LogP contribution < -0.4 is 0 Å². The standard InChI is InChI=1S/C19H40O5/c1-6-8-10-20-12-13-22-16-18(17-24-19(3,4)5)23-15-14-21-11-9-7-2/h18H,6-17H2,1-5H3. The molecule has 0 fully saturated rings. The Balaban J connectivity index is 3.83. The maximum atomic E-state index is 5.85. The number of unbranched alkanes of at least 4 members (excludes halogenated alkanes) is 2. The van der Waals surface area contributed by atoms with E-state index in [0.717, 1.165) is 38.9 Å². The number of ether oxygens (including phenoxy) is 5. The number of rotatable bonds is 17. The van der Waals surface area contributed by atoms with E-state index in [2.05, 4.69) is 13.8 Å². The van der Waals surface area contributed by atoms with Crippen molar-refractivity contribution in [3.05, 3.63) is 0 Å². The zero-order chi connectivity index (χ0) is 18.1. The van der Waals surface area contributed by atoms with Gasteiger partial charge in [-0.1, -0.05) is 26.7 Å². The van der Waals surface area contributed by atoms with Gasteiger partial charge in [0.15, 0.2) is 0 Å². The lowest BCUT2D eigenvalue weighted by atomic mass is 10.2. The molecule has 0 aliphatic rings. The van der Waals surface area contributed by atoms with Gasteiger partial charge in [-0.15, -0.1) is 0 Å². The van der Waals surface area contributed by atoms with Crippen molar-refractivity contribution in [3.8, 4) is 0 Å². The minimum atomic E-state index is -0.178. The van der Waals surface area contributed by atoms with E-state index >= 15 is 0 Å². The van der Waals surface area contributed by atoms with Crippen LogP contribution in [-0.2, 0) is 23.7 Å². The molecule has 0 saturated heterocycles. The Bertz CT molecular complexity index is 253. The average Bonchev–Trinajstić information content (AvgIpc) is 2.53. The lowest BCUT2D eigenvalue weighted by Gasteiger charge is -2.24. The van der Waals surface area contributed by atoms with E-state index in [1.165, 1.54) is 0 Å². The molecular weight excluding hydrogens is 308 g/mol. The van der Waals surface area contributed by atoms with Crippen LogP contribution in [0, 0.1) is 0 Å². The van der Waals surface area contributed by atoms with Crippen LogP contribution in [0.2, 0.25) is 0 Å². The Morgan fingerprint density at radius 2 is 1.21 bits per heavy atom. The Labute approximate surface area is 149 Å². The summed E-state index contributed by atoms with van der Waals surface area (Å²) in [4.78, 5) is 0. The van der Waals surface area contributed by atoms with E-state index in [0.29, 0.717) is 39.6 Å². The third-order valence-electron chi connectivity index (χ3n) is 3.24. The molecule has 0 N–H and O–H groups in total. The molecule has 0 saturated carbocycles. The Morgan fingerprint density at radius 3 is 1.75 bits per heavy atom. The van der Waals surface area contributed by atoms with Crippen LogP contribution in [-0.4, -0.2) is 64.6 Å². The quantitative estimate of drug-likeness (QED) is 0.374. The summed E-state index contributed by atoms with van der Waals surface area (Å²) in [6.07, 6.45) is 4.42. The van der Waals surface area contributed by atoms with Crippen LogP contribution >= 0.6 is 0 Å². The van der Waals surface area contributed by atoms with Crippen molar-refractivity contribution in [2.75, 3.05) is 52.9 Å². The van der Waals surface area contributed by atoms with Gasteiger partial charge in [-0.2, -0.15) is 0 Å². The largest absolute Gasteiger partial charge is 0.379 e. The highest BCUT2D eigenvalue weighted by atomic mass is 16.6. The Morgan fingerprint density at radius 1 is 0.667 bits per heavy atom. The fourth-order valence-electron chi connectivity index (χ4n) is 1.79. The van der Waals surface area contributed by atoms with Gasteiger partial charge in [-0.25, -0.2) is 0 Å². The van der Waals surface area contributed by atoms with Crippen molar-refractivity contribution in [1.29, 1.82) is 0 Å². The molecule has 1 atom stereocenters. The van der Waals surface area contributed by atoms with E-state index < -0.39 is 0 Å². The van der Waals surface area contributed by atoms with Gasteiger partial charge in [0.2, 0.25) is 0 Å². The summed E-state index contributed by atoms with van der Waals surface area (Å²) in [6.45, 7) is 15.5. The highest BCUT2D eigenvalue weighted by Gasteiger charge is 2.16. The van der Waals surface area contributed by atoms with Crippen molar-refractivity contribution < 1.29 is 23.7 Å². The van der Waals surface area contributed by atoms with E-state index in [4.69, 9.17) is 23.7 Å². The second-order valence-corrected chi connectivity index (χ2v) is 6.92. The lowest BCUT2D eigenvalue weighted by Crippen LogP contribution is -2.32. The summed E-state index contributed by atoms with van der Waals surface area (Å²) in [7, 11) is 0. The molecule has 0 aromatic rings. The van der Waals surface area contributed by atoms with E-state index in [1.807, 2.05) is 20.8 Å². The van der Waals surface area contributed by atoms with E-state index in [9.17, 15) is 0 Å². The first kappa shape index (κ1) is 23.8. The summed E-state index contributed by atoms with van der Waals surface area (Å²) in [5.41, 5.74) is -0.178. The van der Waals surface area contributed by atoms with Crippen molar-refractivity contribution in [3.63, 3.8) is 0 Å². The molecule has 0 radical (unpaired) electrons. The van der Waals surface area contributed by atoms with Crippen LogP contribution in [0.15, 0.2) is 0 Å². The summed E-state index contributed by atoms with van der Waals surface area (Å²) < 4.78 is 28.3. The fraction of sp³-hybridized carbons (Fsp3) is 1.00. The SMILES string of the molecule is CCCCOCCOCC(COC(C)(C)C)OCCOCCCC. The number of hydrogen-bond acceptors (Lipinski definition) is 5. The minimum Gasteiger partial charge on any atom is -0.379 e. The predicted octanol–water partition coefficient (Wildman–Crippen LogP) is 3.84. The van der Waals surface area contributed by atoms with Gasteiger partial charge in [0.1, 0.15) is 6.10 Å². The first-order chi connectivity index (χ1) is 11.5. The molecule has 0 aliphatic carbocycles. The molecule has 0 bridgehead atoms. The van der Waals surface area contributed by atoms with Gasteiger partial charge in [-0.05, 0) is 33.6 Å². The highest BCUT2D eigenvalue weighted by molar-refractivity contribution is 4.63. The molecule has 5 heteroatoms. The van der Waals surface area contributed by atoms with Crippen LogP contribution in [0.5, 0.6) is 0 Å². The van der Waals surface area contributed by atoms with Crippen molar-refractivity contribution >= 4 is 0 Å². The molecule has 24 heavy (non-hydrogen) atoms. The lowest BCUT2D eigenvalue weighted by molar-refractivity contribution is -0.107. The predicted molar refractivity (Wildman–Crippen MR) is 97.7 cm³/mol. The topological polar surface area (TPSA) is 46.2 Å². The van der Waals surface area contributed by atoms with Gasteiger partial charge < -0.3 is 23.7 Å². The first-order valence-corrected chi connectivity index (χ1v) is 9.48. The Kier molecular flexibility index (Phi) is 16.1. The molecule has 0 heterocycles. The van der Waals surface area contributed by atoms with Crippen molar-refractivity contribution in [2.45, 2.75) is 72.0 Å². The monoisotopic (exact) mass is 348 g/mol. The molecule has 0 rings (SSSR count). The van der Waals surface area contributed by atoms with Crippen LogP contribution in [0.4, 0.5) is 0 Å². The van der Waals surface area contributed by atoms with Gasteiger partial charge in [-0.3, -0.25) is 0 Å². The van der Waals surface area contributed by atoms with Crippen molar-refractivity contribution in [2.24, 2.45) is 0 Å². The Hall–Kier alpha value is -0.200. The van der Waals surface area contributed by atoms with Gasteiger partial charge in [0.05, 0.1) is 45.2 Å². The summed E-state index contributed by atoms with van der Waals surface area (Å²) in [5.74, 6) is 0. The molecule has 0 aromatic heterocycles. The third kappa shape index (κ3) is 18.1. The fourth-order valence-corrected chi connectivity index (χ4v) is 1.79. The van der Waals surface area contributed by atoms with Crippen molar-refractivity contribution in [1.82, 2.24) is 0 Å². The molecule has 0 aliphatic heterocycles. The van der Waals surface area contributed by atoms with Gasteiger partial charge in [0, 0.05) is 13.2 Å². The van der Waals surface area contributed by atoms with E-state index in [1.54, 1.807) is 0 Å². The van der Waals surface area contributed by atoms with Crippen LogP contribution in [0.25, 0.3) is 0 Å². The molecule has 0 spiro atoms. The summed E-state index contributed by atoms with van der Waals surface area (Å²) in [5, 5.41) is 0. The molecule has 5 nitrogen and oxygen atoms in total. The molecular formula is C19H40O5. The van der Waals surface area contributed by atoms with Gasteiger partial charge >= 0.3 is 0 Å². The zero-order valence-electron chi connectivity index (χ0n) is 16.6. The first-order valence-electron chi connectivity index (χ1n) is 9.48. The van der Waals surface area contributed by atoms with Crippen LogP contribution in [0.1, 0.15) is 60.3 Å². The minimum absolute atomic E-state index is 0.0744. The molecule has 146 valence electrons. The highest BCUT2D eigenvalue weighted by Crippen LogP contribution is 2.09. The zero-order valence-corrected chi connectivity index (χ0v) is 16.6. The molecule has 0 aromatic carbocycles. The average molecular weight is 349 g/mol. The maximum Gasteiger partial charge on any atom is 0.104 e. The van der Waals surface area contributed by atoms with E-state index in [-0.39, 0.29) is 11.7 Å². The normalized spacial score (nSPS) is 13.4. The molecule has 0 amide bonds. The summed E-state index contributed by atoms with van der Waals surface area (Å²) in [6, 6.07) is 0. The second-order valence-electron chi connectivity index (χ2n) is 6.92. The maximum absolute atomic E-state index is 5.85. The van der Waals surface area contributed by atoms with Gasteiger partial charge in [0.25, 0.3) is 0 Å². The summed E-state index contributed by atoms with van der Waals surface area (Å²) >= 11 is 0. The second kappa shape index (κ2) is 16.3.